The molecular weight excluding hydrogens is 232 g/mol. The largest absolute Gasteiger partial charge is 0.350 e. The molecule has 0 amide bonds. The third-order valence-electron chi connectivity index (χ3n) is 3.52. The van der Waals surface area contributed by atoms with Gasteiger partial charge in [-0.3, -0.25) is 0 Å². The second-order valence-corrected chi connectivity index (χ2v) is 4.52. The maximum Gasteiger partial charge on any atom is 0.181 e. The van der Waals surface area contributed by atoms with Crippen molar-refractivity contribution in [3.63, 3.8) is 0 Å². The van der Waals surface area contributed by atoms with Gasteiger partial charge in [0.25, 0.3) is 0 Å². The Bertz CT molecular complexity index is 631. The van der Waals surface area contributed by atoms with E-state index in [2.05, 4.69) is 24.6 Å². The number of benzene rings is 2. The lowest BCUT2D eigenvalue weighted by Gasteiger charge is -2.25. The minimum Gasteiger partial charge on any atom is -0.350 e. The van der Waals surface area contributed by atoms with Gasteiger partial charge in [-0.1, -0.05) is 60.5 Å². The molecule has 0 saturated heterocycles. The molecule has 1 nitrogen and oxygen atoms in total. The van der Waals surface area contributed by atoms with E-state index in [0.29, 0.717) is 6.61 Å². The summed E-state index contributed by atoms with van der Waals surface area (Å²) in [6, 6.07) is 16.3. The van der Waals surface area contributed by atoms with E-state index in [4.69, 9.17) is 11.2 Å². The highest BCUT2D eigenvalue weighted by molar-refractivity contribution is 5.82. The van der Waals surface area contributed by atoms with Crippen LogP contribution >= 0.6 is 0 Å². The zero-order valence-corrected chi connectivity index (χ0v) is 10.6. The molecule has 0 aromatic heterocycles. The Morgan fingerprint density at radius 1 is 1.05 bits per heavy atom. The molecule has 2 aromatic rings. The van der Waals surface area contributed by atoms with E-state index in [-0.39, 0.29) is 0 Å². The van der Waals surface area contributed by atoms with Crippen molar-refractivity contribution < 1.29 is 4.74 Å². The maximum absolute atomic E-state index is 5.99. The first-order valence-electron chi connectivity index (χ1n) is 6.25. The molecular formula is C18H14O. The van der Waals surface area contributed by atoms with Crippen molar-refractivity contribution in [2.45, 2.75) is 5.60 Å². The first-order valence-corrected chi connectivity index (χ1v) is 6.25. The third kappa shape index (κ3) is 1.54. The van der Waals surface area contributed by atoms with E-state index in [1.807, 2.05) is 36.4 Å². The third-order valence-corrected chi connectivity index (χ3v) is 3.52. The quantitative estimate of drug-likeness (QED) is 0.592. The van der Waals surface area contributed by atoms with Gasteiger partial charge in [0, 0.05) is 11.1 Å². The Labute approximate surface area is 113 Å². The summed E-state index contributed by atoms with van der Waals surface area (Å²) in [5.41, 5.74) is 3.60. The fourth-order valence-corrected chi connectivity index (χ4v) is 2.73. The highest BCUT2D eigenvalue weighted by Gasteiger charge is 2.42. The molecule has 19 heavy (non-hydrogen) atoms. The van der Waals surface area contributed by atoms with E-state index in [1.54, 1.807) is 6.08 Å². The van der Waals surface area contributed by atoms with E-state index < -0.39 is 5.60 Å². The Hall–Kier alpha value is -2.30. The van der Waals surface area contributed by atoms with Crippen molar-refractivity contribution in [1.29, 1.82) is 0 Å². The van der Waals surface area contributed by atoms with Gasteiger partial charge in [0.15, 0.2) is 5.60 Å². The van der Waals surface area contributed by atoms with Crippen molar-refractivity contribution >= 4 is 0 Å². The molecule has 3 rings (SSSR count). The normalized spacial score (nSPS) is 14.3. The van der Waals surface area contributed by atoms with Crippen LogP contribution in [-0.2, 0) is 10.3 Å². The number of fused-ring (bicyclic) bond motifs is 3. The first-order chi connectivity index (χ1) is 9.33. The smallest absolute Gasteiger partial charge is 0.181 e. The molecule has 0 spiro atoms. The number of hydrogen-bond donors (Lipinski definition) is 0. The van der Waals surface area contributed by atoms with Crippen LogP contribution in [0.15, 0.2) is 61.2 Å². The van der Waals surface area contributed by atoms with Gasteiger partial charge >= 0.3 is 0 Å². The Balaban J connectivity index is 2.30. The van der Waals surface area contributed by atoms with Crippen LogP contribution in [0.3, 0.4) is 0 Å². The van der Waals surface area contributed by atoms with E-state index in [1.165, 1.54) is 0 Å². The van der Waals surface area contributed by atoms with Crippen LogP contribution in [0.5, 0.6) is 0 Å². The monoisotopic (exact) mass is 246 g/mol. The van der Waals surface area contributed by atoms with Crippen molar-refractivity contribution in [2.75, 3.05) is 6.61 Å². The van der Waals surface area contributed by atoms with Crippen LogP contribution in [0, 0.1) is 12.3 Å². The first kappa shape index (κ1) is 11.8. The zero-order chi connectivity index (χ0) is 13.3. The molecule has 1 aliphatic rings. The van der Waals surface area contributed by atoms with Gasteiger partial charge in [0.1, 0.15) is 0 Å². The van der Waals surface area contributed by atoms with Gasteiger partial charge in [-0.25, -0.2) is 0 Å². The van der Waals surface area contributed by atoms with Crippen molar-refractivity contribution in [3.8, 4) is 23.5 Å². The Kier molecular flexibility index (Phi) is 2.74. The Morgan fingerprint density at radius 2 is 1.58 bits per heavy atom. The second-order valence-electron chi connectivity index (χ2n) is 4.52. The molecule has 1 aliphatic carbocycles. The van der Waals surface area contributed by atoms with Crippen LogP contribution in [0.2, 0.25) is 0 Å². The molecule has 0 bridgehead atoms. The molecule has 0 heterocycles. The molecule has 0 saturated carbocycles. The van der Waals surface area contributed by atoms with Crippen molar-refractivity contribution in [2.24, 2.45) is 0 Å². The predicted octanol–water partition coefficient (Wildman–Crippen LogP) is 3.75. The van der Waals surface area contributed by atoms with Gasteiger partial charge in [-0.15, -0.1) is 13.0 Å². The lowest BCUT2D eigenvalue weighted by atomic mass is 9.92. The molecule has 0 radical (unpaired) electrons. The predicted molar refractivity (Wildman–Crippen MR) is 77.6 cm³/mol. The fraction of sp³-hybridized carbons (Fsp3) is 0.111. The fourth-order valence-electron chi connectivity index (χ4n) is 2.73. The van der Waals surface area contributed by atoms with E-state index >= 15 is 0 Å². The average Bonchev–Trinajstić information content (AvgIpc) is 2.77. The summed E-state index contributed by atoms with van der Waals surface area (Å²) in [5, 5.41) is 0. The molecule has 2 aromatic carbocycles. The average molecular weight is 246 g/mol. The van der Waals surface area contributed by atoms with Gasteiger partial charge in [0.05, 0.1) is 6.61 Å². The highest BCUT2D eigenvalue weighted by Crippen LogP contribution is 2.49. The topological polar surface area (TPSA) is 9.23 Å². The van der Waals surface area contributed by atoms with E-state index in [9.17, 15) is 0 Å². The number of rotatable bonds is 3. The summed E-state index contributed by atoms with van der Waals surface area (Å²) >= 11 is 0. The number of hydrogen-bond acceptors (Lipinski definition) is 1. The van der Waals surface area contributed by atoms with Crippen molar-refractivity contribution in [3.05, 3.63) is 72.3 Å². The summed E-state index contributed by atoms with van der Waals surface area (Å²) in [5.74, 6) is 2.85. The van der Waals surface area contributed by atoms with Crippen molar-refractivity contribution in [1.82, 2.24) is 0 Å². The maximum atomic E-state index is 5.99. The number of terminal acetylenes is 1. The molecule has 0 atom stereocenters. The lowest BCUT2D eigenvalue weighted by Crippen LogP contribution is -2.27. The van der Waals surface area contributed by atoms with Gasteiger partial charge in [-0.05, 0) is 11.1 Å². The SMILES string of the molecule is C#CC1(OCC=C)c2ccccc2-c2ccccc21. The van der Waals surface area contributed by atoms with Gasteiger partial charge in [0.2, 0.25) is 0 Å². The summed E-state index contributed by atoms with van der Waals surface area (Å²) < 4.78 is 5.99. The zero-order valence-electron chi connectivity index (χ0n) is 10.6. The summed E-state index contributed by atoms with van der Waals surface area (Å²) in [7, 11) is 0. The summed E-state index contributed by atoms with van der Waals surface area (Å²) in [6.45, 7) is 4.13. The highest BCUT2D eigenvalue weighted by atomic mass is 16.5. The number of ether oxygens (including phenoxy) is 1. The molecule has 1 heteroatoms. The standard InChI is InChI=1S/C18H14O/c1-3-13-19-18(4-2)16-11-7-5-9-14(16)15-10-6-8-12-17(15)18/h2-3,5-12H,1,13H2. The lowest BCUT2D eigenvalue weighted by molar-refractivity contribution is 0.0503. The van der Waals surface area contributed by atoms with Crippen LogP contribution in [0.4, 0.5) is 0 Å². The van der Waals surface area contributed by atoms with Crippen LogP contribution < -0.4 is 0 Å². The van der Waals surface area contributed by atoms with Crippen LogP contribution in [-0.4, -0.2) is 6.61 Å². The molecule has 92 valence electrons. The van der Waals surface area contributed by atoms with E-state index in [0.717, 1.165) is 22.3 Å². The van der Waals surface area contributed by atoms with Crippen LogP contribution in [0.1, 0.15) is 11.1 Å². The summed E-state index contributed by atoms with van der Waals surface area (Å²) in [4.78, 5) is 0. The van der Waals surface area contributed by atoms with Gasteiger partial charge < -0.3 is 4.74 Å². The molecule has 0 fully saturated rings. The second kappa shape index (κ2) is 4.42. The minimum atomic E-state index is -0.790. The minimum absolute atomic E-state index is 0.423. The Morgan fingerprint density at radius 3 is 2.05 bits per heavy atom. The van der Waals surface area contributed by atoms with Gasteiger partial charge in [-0.2, -0.15) is 0 Å². The van der Waals surface area contributed by atoms with Crippen LogP contribution in [0.25, 0.3) is 11.1 Å². The molecule has 0 unspecified atom stereocenters. The molecule has 0 N–H and O–H groups in total. The summed E-state index contributed by atoms with van der Waals surface area (Å²) in [6.07, 6.45) is 7.55. The molecule has 0 aliphatic heterocycles.